The van der Waals surface area contributed by atoms with Gasteiger partial charge < -0.3 is 20.1 Å². The molecule has 1 aromatic heterocycles. The Morgan fingerprint density at radius 2 is 2.38 bits per heavy atom. The molecule has 0 amide bonds. The Bertz CT molecular complexity index is 381. The van der Waals surface area contributed by atoms with Crippen molar-refractivity contribution in [2.24, 2.45) is 5.73 Å². The minimum absolute atomic E-state index is 0.0921. The van der Waals surface area contributed by atoms with E-state index in [1.54, 1.807) is 0 Å². The Morgan fingerprint density at radius 3 is 3.00 bits per heavy atom. The van der Waals surface area contributed by atoms with Crippen LogP contribution in [0.25, 0.3) is 0 Å². The molecule has 0 radical (unpaired) electrons. The van der Waals surface area contributed by atoms with Gasteiger partial charge in [-0.2, -0.15) is 4.98 Å². The average molecular weight is 225 g/mol. The zero-order valence-corrected chi connectivity index (χ0v) is 8.87. The van der Waals surface area contributed by atoms with E-state index < -0.39 is 6.10 Å². The van der Waals surface area contributed by atoms with Crippen molar-refractivity contribution >= 4 is 0 Å². The third-order valence-electron chi connectivity index (χ3n) is 3.40. The number of ether oxygens (including phenoxy) is 1. The van der Waals surface area contributed by atoms with Gasteiger partial charge in [-0.25, -0.2) is 0 Å². The number of fused-ring (bicyclic) bond motifs is 2. The van der Waals surface area contributed by atoms with Gasteiger partial charge in [0, 0.05) is 6.54 Å². The average Bonchev–Trinajstić information content (AvgIpc) is 3.02. The molecular formula is C10H15N3O3. The monoisotopic (exact) mass is 225 g/mol. The van der Waals surface area contributed by atoms with Crippen molar-refractivity contribution < 1.29 is 14.4 Å². The first kappa shape index (κ1) is 10.2. The summed E-state index contributed by atoms with van der Waals surface area (Å²) < 4.78 is 10.7. The van der Waals surface area contributed by atoms with Gasteiger partial charge in [0.2, 0.25) is 0 Å². The van der Waals surface area contributed by atoms with E-state index in [1.165, 1.54) is 0 Å². The summed E-state index contributed by atoms with van der Waals surface area (Å²) in [5.74, 6) is 1.08. The van der Waals surface area contributed by atoms with E-state index in [0.717, 1.165) is 19.3 Å². The summed E-state index contributed by atoms with van der Waals surface area (Å²) in [6, 6.07) is 0. The van der Waals surface area contributed by atoms with Gasteiger partial charge in [-0.05, 0) is 19.3 Å². The maximum atomic E-state index is 9.46. The number of hydrogen-bond donors (Lipinski definition) is 2. The number of aromatic nitrogens is 2. The van der Waals surface area contributed by atoms with Crippen LogP contribution in [0.3, 0.4) is 0 Å². The maximum Gasteiger partial charge on any atom is 0.256 e. The highest BCUT2D eigenvalue weighted by Gasteiger charge is 2.43. The van der Waals surface area contributed by atoms with Crippen LogP contribution in [0.4, 0.5) is 0 Å². The van der Waals surface area contributed by atoms with Gasteiger partial charge in [0.05, 0.1) is 18.1 Å². The molecule has 3 unspecified atom stereocenters. The van der Waals surface area contributed by atoms with E-state index in [-0.39, 0.29) is 24.5 Å². The molecule has 0 aromatic carbocycles. The molecule has 1 aromatic rings. The van der Waals surface area contributed by atoms with Gasteiger partial charge in [-0.15, -0.1) is 0 Å². The molecule has 6 heteroatoms. The van der Waals surface area contributed by atoms with Crippen molar-refractivity contribution in [3.63, 3.8) is 0 Å². The Balaban J connectivity index is 1.77. The van der Waals surface area contributed by atoms with Crippen LogP contribution in [0, 0.1) is 0 Å². The van der Waals surface area contributed by atoms with E-state index >= 15 is 0 Å². The maximum absolute atomic E-state index is 9.46. The molecule has 2 aliphatic rings. The highest BCUT2D eigenvalue weighted by Crippen LogP contribution is 2.43. The Kier molecular flexibility index (Phi) is 2.42. The zero-order chi connectivity index (χ0) is 11.1. The van der Waals surface area contributed by atoms with Crippen LogP contribution >= 0.6 is 0 Å². The molecule has 2 aliphatic heterocycles. The topological polar surface area (TPSA) is 94.4 Å². The molecule has 3 rings (SSSR count). The molecule has 6 nitrogen and oxygen atoms in total. The molecule has 2 saturated heterocycles. The normalized spacial score (nSPS) is 34.5. The van der Waals surface area contributed by atoms with Crippen molar-refractivity contribution in [1.82, 2.24) is 10.1 Å². The number of nitrogens with zero attached hydrogens (tertiary/aromatic N) is 2. The Hall–Kier alpha value is -0.980. The highest BCUT2D eigenvalue weighted by atomic mass is 16.5. The lowest BCUT2D eigenvalue weighted by atomic mass is 9.89. The second-order valence-electron chi connectivity index (χ2n) is 4.46. The fourth-order valence-electron chi connectivity index (χ4n) is 2.54. The number of rotatable bonds is 3. The first-order chi connectivity index (χ1) is 7.78. The second-order valence-corrected chi connectivity index (χ2v) is 4.46. The Morgan fingerprint density at radius 1 is 1.50 bits per heavy atom. The molecular weight excluding hydrogens is 210 g/mol. The molecule has 3 heterocycles. The molecule has 2 fully saturated rings. The van der Waals surface area contributed by atoms with E-state index in [1.807, 2.05) is 0 Å². The predicted octanol–water partition coefficient (Wildman–Crippen LogP) is 0.0966. The van der Waals surface area contributed by atoms with Crippen molar-refractivity contribution in [2.75, 3.05) is 6.54 Å². The molecule has 0 spiro atoms. The van der Waals surface area contributed by atoms with Gasteiger partial charge in [-0.1, -0.05) is 5.16 Å². The van der Waals surface area contributed by atoms with E-state index in [0.29, 0.717) is 11.9 Å². The number of aliphatic hydroxyl groups excluding tert-OH is 1. The lowest BCUT2D eigenvalue weighted by molar-refractivity contribution is 0.0996. The highest BCUT2D eigenvalue weighted by molar-refractivity contribution is 5.07. The first-order valence-electron chi connectivity index (χ1n) is 5.65. The summed E-state index contributed by atoms with van der Waals surface area (Å²) in [5.41, 5.74) is 5.32. The van der Waals surface area contributed by atoms with E-state index in [2.05, 4.69) is 10.1 Å². The van der Waals surface area contributed by atoms with Crippen LogP contribution in [0.15, 0.2) is 4.52 Å². The van der Waals surface area contributed by atoms with Gasteiger partial charge in [0.25, 0.3) is 5.89 Å². The summed E-state index contributed by atoms with van der Waals surface area (Å²) >= 11 is 0. The molecule has 16 heavy (non-hydrogen) atoms. The van der Waals surface area contributed by atoms with Crippen LogP contribution in [-0.2, 0) is 4.74 Å². The quantitative estimate of drug-likeness (QED) is 0.757. The SMILES string of the molecule is NC[C@H](O)c1nc(C2CC3CCC2O3)no1. The van der Waals surface area contributed by atoms with Crippen molar-refractivity contribution in [3.8, 4) is 0 Å². The van der Waals surface area contributed by atoms with Crippen LogP contribution < -0.4 is 5.73 Å². The number of nitrogens with two attached hydrogens (primary N) is 1. The molecule has 3 N–H and O–H groups in total. The van der Waals surface area contributed by atoms with Gasteiger partial charge >= 0.3 is 0 Å². The van der Waals surface area contributed by atoms with Gasteiger partial charge in [-0.3, -0.25) is 0 Å². The minimum atomic E-state index is -0.860. The lowest BCUT2D eigenvalue weighted by Gasteiger charge is -2.13. The van der Waals surface area contributed by atoms with Crippen LogP contribution in [0.5, 0.6) is 0 Å². The third kappa shape index (κ3) is 1.53. The first-order valence-corrected chi connectivity index (χ1v) is 5.65. The molecule has 2 bridgehead atoms. The van der Waals surface area contributed by atoms with E-state index in [9.17, 15) is 5.11 Å². The summed E-state index contributed by atoms with van der Waals surface area (Å²) in [5, 5.41) is 13.4. The fourth-order valence-corrected chi connectivity index (χ4v) is 2.54. The summed E-state index contributed by atoms with van der Waals surface area (Å²) in [6.45, 7) is 0.0921. The van der Waals surface area contributed by atoms with Crippen LogP contribution in [0.2, 0.25) is 0 Å². The van der Waals surface area contributed by atoms with Crippen LogP contribution in [-0.4, -0.2) is 34.0 Å². The number of hydrogen-bond acceptors (Lipinski definition) is 6. The zero-order valence-electron chi connectivity index (χ0n) is 8.87. The van der Waals surface area contributed by atoms with Gasteiger partial charge in [0.15, 0.2) is 5.82 Å². The molecule has 4 atom stereocenters. The van der Waals surface area contributed by atoms with Crippen LogP contribution in [0.1, 0.15) is 43.0 Å². The van der Waals surface area contributed by atoms with Gasteiger partial charge in [0.1, 0.15) is 6.10 Å². The van der Waals surface area contributed by atoms with Crippen molar-refractivity contribution in [2.45, 2.75) is 43.5 Å². The standard InChI is InChI=1S/C10H15N3O3/c11-4-7(14)10-12-9(13-16-10)6-3-5-1-2-8(6)15-5/h5-8,14H,1-4,11H2/t5?,6?,7-,8?/m0/s1. The molecule has 0 aliphatic carbocycles. The smallest absolute Gasteiger partial charge is 0.256 e. The largest absolute Gasteiger partial charge is 0.382 e. The fraction of sp³-hybridized carbons (Fsp3) is 0.800. The molecule has 88 valence electrons. The van der Waals surface area contributed by atoms with E-state index in [4.69, 9.17) is 15.0 Å². The Labute approximate surface area is 92.8 Å². The molecule has 0 saturated carbocycles. The summed E-state index contributed by atoms with van der Waals surface area (Å²) in [6.07, 6.45) is 2.89. The lowest BCUT2D eigenvalue weighted by Crippen LogP contribution is -2.16. The second kappa shape index (κ2) is 3.80. The minimum Gasteiger partial charge on any atom is -0.382 e. The van der Waals surface area contributed by atoms with Crippen molar-refractivity contribution in [1.29, 1.82) is 0 Å². The van der Waals surface area contributed by atoms with Crippen molar-refractivity contribution in [3.05, 3.63) is 11.7 Å². The predicted molar refractivity (Wildman–Crippen MR) is 53.6 cm³/mol. The summed E-state index contributed by atoms with van der Waals surface area (Å²) in [4.78, 5) is 4.19. The summed E-state index contributed by atoms with van der Waals surface area (Å²) in [7, 11) is 0. The number of aliphatic hydroxyl groups is 1. The third-order valence-corrected chi connectivity index (χ3v) is 3.40.